The molecule has 1 atom stereocenters. The van der Waals surface area contributed by atoms with Crippen molar-refractivity contribution in [3.05, 3.63) is 0 Å². The van der Waals surface area contributed by atoms with Crippen molar-refractivity contribution in [2.75, 3.05) is 40.3 Å². The van der Waals surface area contributed by atoms with E-state index in [1.54, 1.807) is 0 Å². The van der Waals surface area contributed by atoms with Crippen molar-refractivity contribution in [2.24, 2.45) is 0 Å². The maximum atomic E-state index is 8.84. The first-order chi connectivity index (χ1) is 6.24. The summed E-state index contributed by atoms with van der Waals surface area (Å²) < 4.78 is 0. The van der Waals surface area contributed by atoms with E-state index in [1.807, 2.05) is 0 Å². The summed E-state index contributed by atoms with van der Waals surface area (Å²) >= 11 is 0. The van der Waals surface area contributed by atoms with E-state index in [0.29, 0.717) is 6.04 Å². The van der Waals surface area contributed by atoms with Crippen LogP contribution in [0.15, 0.2) is 0 Å². The fraction of sp³-hybridized carbons (Fsp3) is 1.00. The van der Waals surface area contributed by atoms with Crippen LogP contribution in [-0.2, 0) is 0 Å². The smallest absolute Gasteiger partial charge is 0.0558 e. The number of likely N-dealkylation sites (N-methyl/N-ethyl adjacent to an activating group) is 1. The lowest BCUT2D eigenvalue weighted by Crippen LogP contribution is -2.34. The Balaban J connectivity index is 2.32. The van der Waals surface area contributed by atoms with Gasteiger partial charge in [0.05, 0.1) is 6.61 Å². The molecule has 1 heterocycles. The van der Waals surface area contributed by atoms with Crippen LogP contribution in [-0.4, -0.2) is 61.3 Å². The number of rotatable bonds is 3. The van der Waals surface area contributed by atoms with Crippen molar-refractivity contribution in [2.45, 2.75) is 25.3 Å². The number of aliphatic hydroxyl groups is 1. The van der Waals surface area contributed by atoms with Gasteiger partial charge in [0.1, 0.15) is 0 Å². The lowest BCUT2D eigenvalue weighted by molar-refractivity contribution is 0.168. The molecule has 1 aliphatic rings. The maximum absolute atomic E-state index is 8.84. The van der Waals surface area contributed by atoms with E-state index in [9.17, 15) is 0 Å². The van der Waals surface area contributed by atoms with E-state index >= 15 is 0 Å². The minimum absolute atomic E-state index is 0.281. The molecule has 13 heavy (non-hydrogen) atoms. The Morgan fingerprint density at radius 3 is 2.85 bits per heavy atom. The third-order valence-electron chi connectivity index (χ3n) is 3.00. The van der Waals surface area contributed by atoms with Crippen LogP contribution in [0.2, 0.25) is 0 Å². The second-order valence-electron chi connectivity index (χ2n) is 4.09. The van der Waals surface area contributed by atoms with Gasteiger partial charge in [-0.15, -0.1) is 0 Å². The van der Waals surface area contributed by atoms with Crippen molar-refractivity contribution < 1.29 is 5.11 Å². The second-order valence-corrected chi connectivity index (χ2v) is 4.09. The fourth-order valence-corrected chi connectivity index (χ4v) is 2.00. The molecule has 1 unspecified atom stereocenters. The molecule has 1 rings (SSSR count). The van der Waals surface area contributed by atoms with Crippen LogP contribution >= 0.6 is 0 Å². The largest absolute Gasteiger partial charge is 0.395 e. The predicted molar refractivity (Wildman–Crippen MR) is 54.9 cm³/mol. The van der Waals surface area contributed by atoms with Gasteiger partial charge >= 0.3 is 0 Å². The first-order valence-corrected chi connectivity index (χ1v) is 5.23. The van der Waals surface area contributed by atoms with E-state index in [1.165, 1.54) is 32.4 Å². The van der Waals surface area contributed by atoms with Gasteiger partial charge in [0.25, 0.3) is 0 Å². The van der Waals surface area contributed by atoms with E-state index in [4.69, 9.17) is 5.11 Å². The summed E-state index contributed by atoms with van der Waals surface area (Å²) in [5.74, 6) is 0. The Bertz CT molecular complexity index is 141. The summed E-state index contributed by atoms with van der Waals surface area (Å²) in [6, 6.07) is 0.678. The second kappa shape index (κ2) is 5.58. The van der Waals surface area contributed by atoms with Crippen molar-refractivity contribution in [1.82, 2.24) is 9.80 Å². The molecular formula is C10H22N2O. The molecule has 1 saturated heterocycles. The van der Waals surface area contributed by atoms with Gasteiger partial charge in [-0.05, 0) is 46.4 Å². The standard InChI is InChI=1S/C10H22N2O/c1-11-6-3-4-10(5-7-11)12(2)8-9-13/h10,13H,3-9H2,1-2H3. The normalized spacial score (nSPS) is 26.3. The molecule has 0 aromatic heterocycles. The summed E-state index contributed by atoms with van der Waals surface area (Å²) in [7, 11) is 4.31. The van der Waals surface area contributed by atoms with Crippen molar-refractivity contribution in [1.29, 1.82) is 0 Å². The number of likely N-dealkylation sites (tertiary alicyclic amines) is 1. The molecule has 3 nitrogen and oxygen atoms in total. The van der Waals surface area contributed by atoms with Crippen molar-refractivity contribution >= 4 is 0 Å². The molecule has 1 N–H and O–H groups in total. The quantitative estimate of drug-likeness (QED) is 0.691. The highest BCUT2D eigenvalue weighted by Gasteiger charge is 2.17. The van der Waals surface area contributed by atoms with Gasteiger partial charge in [-0.25, -0.2) is 0 Å². The summed E-state index contributed by atoms with van der Waals surface area (Å²) in [5.41, 5.74) is 0. The molecule has 0 aliphatic carbocycles. The number of nitrogens with zero attached hydrogens (tertiary/aromatic N) is 2. The van der Waals surface area contributed by atoms with Crippen LogP contribution in [0, 0.1) is 0 Å². The molecule has 0 bridgehead atoms. The molecule has 3 heteroatoms. The predicted octanol–water partition coefficient (Wildman–Crippen LogP) is 0.395. The summed E-state index contributed by atoms with van der Waals surface area (Å²) in [6.07, 6.45) is 3.81. The van der Waals surface area contributed by atoms with Crippen LogP contribution in [0.5, 0.6) is 0 Å². The van der Waals surface area contributed by atoms with Gasteiger partial charge in [-0.1, -0.05) is 0 Å². The molecule has 1 fully saturated rings. The zero-order valence-electron chi connectivity index (χ0n) is 8.87. The van der Waals surface area contributed by atoms with Gasteiger partial charge in [0.2, 0.25) is 0 Å². The van der Waals surface area contributed by atoms with Gasteiger partial charge in [-0.2, -0.15) is 0 Å². The highest BCUT2D eigenvalue weighted by atomic mass is 16.3. The lowest BCUT2D eigenvalue weighted by atomic mass is 10.1. The van der Waals surface area contributed by atoms with Gasteiger partial charge in [-0.3, -0.25) is 0 Å². The molecule has 1 aliphatic heterocycles. The molecule has 0 saturated carbocycles. The Morgan fingerprint density at radius 2 is 2.15 bits per heavy atom. The van der Waals surface area contributed by atoms with E-state index in [-0.39, 0.29) is 6.61 Å². The SMILES string of the molecule is CN1CCCC(N(C)CCO)CC1. The number of hydrogen-bond acceptors (Lipinski definition) is 3. The van der Waals surface area contributed by atoms with Crippen molar-refractivity contribution in [3.8, 4) is 0 Å². The van der Waals surface area contributed by atoms with Crippen LogP contribution in [0.25, 0.3) is 0 Å². The maximum Gasteiger partial charge on any atom is 0.0558 e. The van der Waals surface area contributed by atoms with Crippen LogP contribution in [0.3, 0.4) is 0 Å². The van der Waals surface area contributed by atoms with Gasteiger partial charge < -0.3 is 14.9 Å². The van der Waals surface area contributed by atoms with Crippen LogP contribution < -0.4 is 0 Å². The van der Waals surface area contributed by atoms with E-state index in [0.717, 1.165) is 6.54 Å². The monoisotopic (exact) mass is 186 g/mol. The Kier molecular flexibility index (Phi) is 4.70. The Labute approximate surface area is 81.3 Å². The third-order valence-corrected chi connectivity index (χ3v) is 3.00. The Hall–Kier alpha value is -0.120. The molecule has 0 spiro atoms. The van der Waals surface area contributed by atoms with Gasteiger partial charge in [0, 0.05) is 12.6 Å². The zero-order chi connectivity index (χ0) is 9.68. The van der Waals surface area contributed by atoms with Crippen LogP contribution in [0.1, 0.15) is 19.3 Å². The molecule has 0 aromatic rings. The van der Waals surface area contributed by atoms with Crippen molar-refractivity contribution in [3.63, 3.8) is 0 Å². The molecule has 0 aromatic carbocycles. The van der Waals surface area contributed by atoms with Crippen LogP contribution in [0.4, 0.5) is 0 Å². The minimum Gasteiger partial charge on any atom is -0.395 e. The summed E-state index contributed by atoms with van der Waals surface area (Å²) in [4.78, 5) is 4.69. The topological polar surface area (TPSA) is 26.7 Å². The molecular weight excluding hydrogens is 164 g/mol. The first kappa shape index (κ1) is 11.0. The highest BCUT2D eigenvalue weighted by Crippen LogP contribution is 2.14. The fourth-order valence-electron chi connectivity index (χ4n) is 2.00. The minimum atomic E-state index is 0.281. The van der Waals surface area contributed by atoms with E-state index < -0.39 is 0 Å². The average Bonchev–Trinajstić information content (AvgIpc) is 2.30. The average molecular weight is 186 g/mol. The summed E-state index contributed by atoms with van der Waals surface area (Å²) in [5, 5.41) is 8.84. The third kappa shape index (κ3) is 3.63. The number of hydrogen-bond donors (Lipinski definition) is 1. The Morgan fingerprint density at radius 1 is 1.38 bits per heavy atom. The summed E-state index contributed by atoms with van der Waals surface area (Å²) in [6.45, 7) is 3.52. The first-order valence-electron chi connectivity index (χ1n) is 5.23. The van der Waals surface area contributed by atoms with E-state index in [2.05, 4.69) is 23.9 Å². The number of aliphatic hydroxyl groups excluding tert-OH is 1. The molecule has 78 valence electrons. The lowest BCUT2D eigenvalue weighted by Gasteiger charge is -2.26. The highest BCUT2D eigenvalue weighted by molar-refractivity contribution is 4.74. The zero-order valence-corrected chi connectivity index (χ0v) is 8.87. The molecule has 0 radical (unpaired) electrons. The molecule has 0 amide bonds. The van der Waals surface area contributed by atoms with Gasteiger partial charge in [0.15, 0.2) is 0 Å².